The number of carbonyl (C=O) groups excluding carboxylic acids is 1. The Morgan fingerprint density at radius 3 is 2.74 bits per heavy atom. The van der Waals surface area contributed by atoms with Crippen molar-refractivity contribution in [3.8, 4) is 0 Å². The molecule has 0 bridgehead atoms. The minimum Gasteiger partial charge on any atom is -0.368 e. The predicted molar refractivity (Wildman–Crippen MR) is 77.8 cm³/mol. The van der Waals surface area contributed by atoms with Gasteiger partial charge in [-0.15, -0.1) is 11.3 Å². The van der Waals surface area contributed by atoms with Crippen LogP contribution < -0.4 is 5.73 Å². The second-order valence-electron chi connectivity index (χ2n) is 4.22. The summed E-state index contributed by atoms with van der Waals surface area (Å²) in [4.78, 5) is 11.4. The first kappa shape index (κ1) is 15.2. The molecule has 106 valence electrons. The Bertz CT molecular complexity index is 582. The molecule has 0 aromatic carbocycles. The zero-order chi connectivity index (χ0) is 14.2. The van der Waals surface area contributed by atoms with Gasteiger partial charge in [-0.05, 0) is 34.8 Å². The van der Waals surface area contributed by atoms with Crippen LogP contribution in [0.4, 0.5) is 0 Å². The van der Waals surface area contributed by atoms with Crippen molar-refractivity contribution in [1.82, 2.24) is 4.31 Å². The Hall–Kier alpha value is -0.150. The highest BCUT2D eigenvalue weighted by Crippen LogP contribution is 2.37. The number of sulfonamides is 1. The number of nitrogens with two attached hydrogens (primary N) is 1. The number of halogens is 2. The maximum atomic E-state index is 12.5. The summed E-state index contributed by atoms with van der Waals surface area (Å²) in [7, 11) is -3.72. The molecular weight excluding hydrogens is 376 g/mol. The summed E-state index contributed by atoms with van der Waals surface area (Å²) in [6.07, 6.45) is 1.99. The van der Waals surface area contributed by atoms with E-state index in [1.54, 1.807) is 0 Å². The zero-order valence-electron chi connectivity index (χ0n) is 9.80. The molecule has 5 nitrogen and oxygen atoms in total. The highest BCUT2D eigenvalue weighted by molar-refractivity contribution is 9.11. The fraction of sp³-hybridized carbons (Fsp3) is 0.500. The Labute approximate surface area is 128 Å². The topological polar surface area (TPSA) is 80.5 Å². The van der Waals surface area contributed by atoms with Crippen LogP contribution in [0.5, 0.6) is 0 Å². The molecule has 1 aliphatic rings. The SMILES string of the molecule is NC(=O)C1CCCCN1S(=O)(=O)c1cc(Cl)c(Br)s1. The van der Waals surface area contributed by atoms with E-state index < -0.39 is 22.0 Å². The van der Waals surface area contributed by atoms with Gasteiger partial charge in [0, 0.05) is 6.54 Å². The van der Waals surface area contributed by atoms with Crippen LogP contribution in [0.25, 0.3) is 0 Å². The number of piperidine rings is 1. The fourth-order valence-electron chi connectivity index (χ4n) is 2.05. The van der Waals surface area contributed by atoms with Crippen molar-refractivity contribution in [3.05, 3.63) is 14.9 Å². The molecule has 1 unspecified atom stereocenters. The number of carbonyl (C=O) groups is 1. The van der Waals surface area contributed by atoms with Crippen molar-refractivity contribution >= 4 is 54.8 Å². The molecule has 2 rings (SSSR count). The maximum Gasteiger partial charge on any atom is 0.253 e. The summed E-state index contributed by atoms with van der Waals surface area (Å²) < 4.78 is 26.9. The molecule has 0 spiro atoms. The molecule has 1 amide bonds. The third-order valence-corrected chi connectivity index (χ3v) is 7.80. The van der Waals surface area contributed by atoms with E-state index in [-0.39, 0.29) is 4.21 Å². The lowest BCUT2D eigenvalue weighted by molar-refractivity contribution is -0.122. The van der Waals surface area contributed by atoms with E-state index in [0.717, 1.165) is 24.2 Å². The van der Waals surface area contributed by atoms with Crippen LogP contribution in [0.2, 0.25) is 5.02 Å². The van der Waals surface area contributed by atoms with E-state index in [1.165, 1.54) is 10.4 Å². The number of primary amides is 1. The molecule has 19 heavy (non-hydrogen) atoms. The lowest BCUT2D eigenvalue weighted by Crippen LogP contribution is -2.50. The summed E-state index contributed by atoms with van der Waals surface area (Å²) in [6.45, 7) is 0.309. The number of hydrogen-bond acceptors (Lipinski definition) is 4. The average Bonchev–Trinajstić information content (AvgIpc) is 2.70. The van der Waals surface area contributed by atoms with E-state index in [9.17, 15) is 13.2 Å². The van der Waals surface area contributed by atoms with Gasteiger partial charge in [0.15, 0.2) is 0 Å². The Balaban J connectivity index is 2.39. The first-order valence-electron chi connectivity index (χ1n) is 5.60. The Morgan fingerprint density at radius 1 is 1.53 bits per heavy atom. The summed E-state index contributed by atoms with van der Waals surface area (Å²) in [5, 5.41) is 0.344. The van der Waals surface area contributed by atoms with Gasteiger partial charge in [0.1, 0.15) is 10.3 Å². The lowest BCUT2D eigenvalue weighted by atomic mass is 10.0. The van der Waals surface area contributed by atoms with E-state index >= 15 is 0 Å². The van der Waals surface area contributed by atoms with E-state index in [1.807, 2.05) is 0 Å². The summed E-state index contributed by atoms with van der Waals surface area (Å²) in [5.41, 5.74) is 5.29. The van der Waals surface area contributed by atoms with E-state index in [2.05, 4.69) is 15.9 Å². The summed E-state index contributed by atoms with van der Waals surface area (Å²) in [6, 6.07) is 0.622. The van der Waals surface area contributed by atoms with E-state index in [0.29, 0.717) is 21.8 Å². The predicted octanol–water partition coefficient (Wildman–Crippen LogP) is 2.19. The molecule has 9 heteroatoms. The van der Waals surface area contributed by atoms with Crippen LogP contribution in [0.15, 0.2) is 14.1 Å². The fourth-order valence-corrected chi connectivity index (χ4v) is 6.24. The molecule has 1 fully saturated rings. The first-order chi connectivity index (χ1) is 8.84. The zero-order valence-corrected chi connectivity index (χ0v) is 13.8. The molecule has 1 aromatic rings. The molecule has 2 N–H and O–H groups in total. The van der Waals surface area contributed by atoms with Crippen LogP contribution in [-0.2, 0) is 14.8 Å². The van der Waals surface area contributed by atoms with Gasteiger partial charge in [-0.25, -0.2) is 8.42 Å². The Kier molecular flexibility index (Phi) is 4.56. The maximum absolute atomic E-state index is 12.5. The number of nitrogens with zero attached hydrogens (tertiary/aromatic N) is 1. The van der Waals surface area contributed by atoms with Gasteiger partial charge in [0.25, 0.3) is 10.0 Å². The molecular formula is C10H12BrClN2O3S2. The van der Waals surface area contributed by atoms with Crippen molar-refractivity contribution in [2.45, 2.75) is 29.5 Å². The number of amides is 1. The summed E-state index contributed by atoms with van der Waals surface area (Å²) >= 11 is 10.1. The van der Waals surface area contributed by atoms with Crippen molar-refractivity contribution in [2.24, 2.45) is 5.73 Å². The van der Waals surface area contributed by atoms with Crippen LogP contribution in [0.3, 0.4) is 0 Å². The number of hydrogen-bond donors (Lipinski definition) is 1. The molecule has 1 atom stereocenters. The van der Waals surface area contributed by atoms with Crippen LogP contribution in [-0.4, -0.2) is 31.2 Å². The van der Waals surface area contributed by atoms with Gasteiger partial charge in [-0.2, -0.15) is 4.31 Å². The Morgan fingerprint density at radius 2 is 2.21 bits per heavy atom. The normalized spacial score (nSPS) is 21.5. The summed E-state index contributed by atoms with van der Waals surface area (Å²) in [5.74, 6) is -0.606. The first-order valence-corrected chi connectivity index (χ1v) is 9.03. The van der Waals surface area contributed by atoms with E-state index in [4.69, 9.17) is 17.3 Å². The highest BCUT2D eigenvalue weighted by atomic mass is 79.9. The van der Waals surface area contributed by atoms with Gasteiger partial charge >= 0.3 is 0 Å². The quantitative estimate of drug-likeness (QED) is 0.863. The van der Waals surface area contributed by atoms with Gasteiger partial charge < -0.3 is 5.73 Å². The number of rotatable bonds is 3. The highest BCUT2D eigenvalue weighted by Gasteiger charge is 2.37. The molecule has 0 saturated carbocycles. The van der Waals surface area contributed by atoms with Crippen molar-refractivity contribution < 1.29 is 13.2 Å². The lowest BCUT2D eigenvalue weighted by Gasteiger charge is -2.32. The van der Waals surface area contributed by atoms with Gasteiger partial charge in [0.2, 0.25) is 5.91 Å². The average molecular weight is 388 g/mol. The molecule has 0 aliphatic carbocycles. The molecule has 2 heterocycles. The van der Waals surface area contributed by atoms with Crippen LogP contribution in [0, 0.1) is 0 Å². The minimum atomic E-state index is -3.72. The van der Waals surface area contributed by atoms with Gasteiger partial charge in [-0.3, -0.25) is 4.79 Å². The third kappa shape index (κ3) is 2.97. The number of thiophene rings is 1. The molecule has 1 aromatic heterocycles. The molecule has 1 saturated heterocycles. The molecule has 0 radical (unpaired) electrons. The second kappa shape index (κ2) is 5.69. The van der Waals surface area contributed by atoms with Crippen molar-refractivity contribution in [2.75, 3.05) is 6.54 Å². The smallest absolute Gasteiger partial charge is 0.253 e. The van der Waals surface area contributed by atoms with Crippen molar-refractivity contribution in [1.29, 1.82) is 0 Å². The minimum absolute atomic E-state index is 0.123. The molecule has 1 aliphatic heterocycles. The van der Waals surface area contributed by atoms with Crippen LogP contribution in [0.1, 0.15) is 19.3 Å². The van der Waals surface area contributed by atoms with Gasteiger partial charge in [-0.1, -0.05) is 18.0 Å². The second-order valence-corrected chi connectivity index (χ2v) is 9.11. The largest absolute Gasteiger partial charge is 0.368 e. The monoisotopic (exact) mass is 386 g/mol. The van der Waals surface area contributed by atoms with Crippen LogP contribution >= 0.6 is 38.9 Å². The third-order valence-electron chi connectivity index (χ3n) is 2.97. The van der Waals surface area contributed by atoms with Crippen molar-refractivity contribution in [3.63, 3.8) is 0 Å². The van der Waals surface area contributed by atoms with Gasteiger partial charge in [0.05, 0.1) is 8.81 Å². The standard InChI is InChI=1S/C10H12BrClN2O3S2/c11-9-6(12)5-8(18-9)19(16,17)14-4-2-1-3-7(14)10(13)15/h5,7H,1-4H2,(H2,13,15).